The van der Waals surface area contributed by atoms with Crippen LogP contribution in [0.3, 0.4) is 0 Å². The summed E-state index contributed by atoms with van der Waals surface area (Å²) in [5, 5.41) is 29.1. The number of rotatable bonds is 6. The smallest absolute Gasteiger partial charge is 0.231 e. The van der Waals surface area contributed by atoms with Gasteiger partial charge in [-0.25, -0.2) is 9.40 Å². The molecule has 5 rings (SSSR count). The van der Waals surface area contributed by atoms with Crippen molar-refractivity contribution in [3.63, 3.8) is 0 Å². The van der Waals surface area contributed by atoms with Crippen molar-refractivity contribution < 1.29 is 24.2 Å². The molecule has 194 valence electrons. The van der Waals surface area contributed by atoms with Gasteiger partial charge in [0.2, 0.25) is 5.91 Å². The number of carbonyl (C=O) groups is 2. The van der Waals surface area contributed by atoms with Crippen molar-refractivity contribution >= 4 is 34.5 Å². The van der Waals surface area contributed by atoms with Gasteiger partial charge in [-0.15, -0.1) is 0 Å². The minimum Gasteiger partial charge on any atom is -0.395 e. The summed E-state index contributed by atoms with van der Waals surface area (Å²) in [7, 11) is 1.88. The van der Waals surface area contributed by atoms with Gasteiger partial charge in [0, 0.05) is 37.8 Å². The molecule has 0 aliphatic carbocycles. The number of nitrogens with one attached hydrogen (secondary N) is 1. The van der Waals surface area contributed by atoms with Crippen molar-refractivity contribution in [1.82, 2.24) is 20.2 Å². The topological polar surface area (TPSA) is 131 Å². The summed E-state index contributed by atoms with van der Waals surface area (Å²) in [4.78, 5) is 37.4. The van der Waals surface area contributed by atoms with E-state index < -0.39 is 36.7 Å². The quantitative estimate of drug-likeness (QED) is 0.534. The van der Waals surface area contributed by atoms with Crippen LogP contribution in [0.25, 0.3) is 10.9 Å². The van der Waals surface area contributed by atoms with Crippen LogP contribution >= 0.6 is 0 Å². The molecule has 1 aromatic carbocycles. The van der Waals surface area contributed by atoms with E-state index in [1.165, 1.54) is 19.1 Å². The van der Waals surface area contributed by atoms with Crippen LogP contribution in [-0.4, -0.2) is 87.7 Å². The second kappa shape index (κ2) is 9.31. The van der Waals surface area contributed by atoms with Gasteiger partial charge >= 0.3 is 0 Å². The molecule has 1 aromatic heterocycles. The summed E-state index contributed by atoms with van der Waals surface area (Å²) in [6.45, 7) is 2.62. The van der Waals surface area contributed by atoms with Crippen LogP contribution in [0.1, 0.15) is 31.7 Å². The number of pyridine rings is 1. The number of aromatic nitrogens is 1. The number of aliphatic imine (C=N–C) groups is 1. The Hall–Kier alpha value is -3.70. The summed E-state index contributed by atoms with van der Waals surface area (Å²) in [6.07, 6.45) is 3.21. The molecule has 3 unspecified atom stereocenters. The number of benzene rings is 1. The van der Waals surface area contributed by atoms with Gasteiger partial charge < -0.3 is 20.4 Å². The van der Waals surface area contributed by atoms with E-state index in [9.17, 15) is 24.2 Å². The number of halogens is 1. The molecule has 10 nitrogen and oxygen atoms in total. The molecule has 0 fully saturated rings. The standard InChI is InChI=1S/C26H29FN6O4/c1-14(30-25(37)26(2,12-34)13-35)22-21-20(36)6-7-32(3)24(21)33-23(31-22)18(11-29-33)16-8-15-9-17(27)4-5-19(15)28-10-16/h4-5,8-11,14,18,23,34-35H,6-7,12-13H2,1-3H3,(H,30,37). The van der Waals surface area contributed by atoms with Gasteiger partial charge in [-0.2, -0.15) is 5.10 Å². The molecule has 3 N–H and O–H groups in total. The molecule has 3 atom stereocenters. The van der Waals surface area contributed by atoms with Gasteiger partial charge in [-0.3, -0.25) is 19.6 Å². The molecule has 3 aliphatic rings. The Morgan fingerprint density at radius 3 is 2.78 bits per heavy atom. The largest absolute Gasteiger partial charge is 0.395 e. The Labute approximate surface area is 213 Å². The Morgan fingerprint density at radius 2 is 2.05 bits per heavy atom. The number of carbonyl (C=O) groups excluding carboxylic acids is 2. The first-order chi connectivity index (χ1) is 17.7. The second-order valence-electron chi connectivity index (χ2n) is 10.0. The third-order valence-electron chi connectivity index (χ3n) is 7.26. The van der Waals surface area contributed by atoms with Gasteiger partial charge in [0.1, 0.15) is 11.6 Å². The fourth-order valence-electron chi connectivity index (χ4n) is 4.85. The van der Waals surface area contributed by atoms with Crippen molar-refractivity contribution in [2.24, 2.45) is 15.5 Å². The molecule has 4 heterocycles. The van der Waals surface area contributed by atoms with Gasteiger partial charge in [-0.1, -0.05) is 0 Å². The molecule has 0 spiro atoms. The maximum absolute atomic E-state index is 13.9. The number of ketones is 1. The van der Waals surface area contributed by atoms with Crippen LogP contribution in [-0.2, 0) is 9.59 Å². The maximum atomic E-state index is 13.9. The average Bonchev–Trinajstić information content (AvgIpc) is 3.32. The number of hydrogen-bond acceptors (Lipinski definition) is 9. The number of amides is 1. The van der Waals surface area contributed by atoms with Gasteiger partial charge in [0.25, 0.3) is 0 Å². The van der Waals surface area contributed by atoms with E-state index in [4.69, 9.17) is 4.99 Å². The lowest BCUT2D eigenvalue weighted by Crippen LogP contribution is -2.53. The highest BCUT2D eigenvalue weighted by molar-refractivity contribution is 6.26. The molecule has 1 amide bonds. The van der Waals surface area contributed by atoms with Crippen LogP contribution in [0.4, 0.5) is 4.39 Å². The molecule has 0 saturated carbocycles. The summed E-state index contributed by atoms with van der Waals surface area (Å²) in [6, 6.07) is 5.59. The highest BCUT2D eigenvalue weighted by Gasteiger charge is 2.45. The molecule has 3 aliphatic heterocycles. The predicted octanol–water partition coefficient (Wildman–Crippen LogP) is 1.15. The maximum Gasteiger partial charge on any atom is 0.231 e. The normalized spacial score (nSPS) is 22.2. The first-order valence-electron chi connectivity index (χ1n) is 12.1. The fraction of sp³-hybridized carbons (Fsp3) is 0.423. The lowest BCUT2D eigenvalue weighted by Gasteiger charge is -2.41. The third-order valence-corrected chi connectivity index (χ3v) is 7.26. The van der Waals surface area contributed by atoms with E-state index in [0.717, 1.165) is 5.56 Å². The minimum absolute atomic E-state index is 0.0972. The number of aliphatic hydroxyl groups excluding tert-OH is 2. The van der Waals surface area contributed by atoms with Crippen LogP contribution in [0.5, 0.6) is 0 Å². The number of hydrazone groups is 1. The summed E-state index contributed by atoms with van der Waals surface area (Å²) >= 11 is 0. The fourth-order valence-corrected chi connectivity index (χ4v) is 4.85. The van der Waals surface area contributed by atoms with E-state index in [1.54, 1.807) is 30.4 Å². The molecule has 0 radical (unpaired) electrons. The first kappa shape index (κ1) is 25.0. The van der Waals surface area contributed by atoms with E-state index >= 15 is 0 Å². The number of hydrogen-bond donors (Lipinski definition) is 3. The SMILES string of the molecule is CC(NC(=O)C(C)(CO)CO)C1=NC2C(c3cnc4ccc(F)cc4c3)C=NN2C2=C1C(=O)CCN2C. The van der Waals surface area contributed by atoms with Gasteiger partial charge in [0.05, 0.1) is 47.4 Å². The molecule has 0 bridgehead atoms. The molecular weight excluding hydrogens is 479 g/mol. The number of Topliss-reactive ketones (excluding diaryl/α,β-unsaturated/α-hetero) is 1. The van der Waals surface area contributed by atoms with Crippen LogP contribution in [0.2, 0.25) is 0 Å². The molecule has 37 heavy (non-hydrogen) atoms. The average molecular weight is 509 g/mol. The van der Waals surface area contributed by atoms with Crippen molar-refractivity contribution in [3.8, 4) is 0 Å². The minimum atomic E-state index is -1.38. The van der Waals surface area contributed by atoms with Crippen molar-refractivity contribution in [1.29, 1.82) is 0 Å². The summed E-state index contributed by atoms with van der Waals surface area (Å²) in [5.74, 6) is -0.727. The van der Waals surface area contributed by atoms with Crippen molar-refractivity contribution in [2.75, 3.05) is 26.8 Å². The Balaban J connectivity index is 1.55. The van der Waals surface area contributed by atoms with Gasteiger partial charge in [0.15, 0.2) is 11.9 Å². The second-order valence-corrected chi connectivity index (χ2v) is 10.0. The summed E-state index contributed by atoms with van der Waals surface area (Å²) < 4.78 is 13.9. The zero-order valence-corrected chi connectivity index (χ0v) is 20.8. The van der Waals surface area contributed by atoms with E-state index in [-0.39, 0.29) is 17.5 Å². The van der Waals surface area contributed by atoms with E-state index in [1.807, 2.05) is 18.0 Å². The van der Waals surface area contributed by atoms with Crippen molar-refractivity contribution in [3.05, 3.63) is 53.2 Å². The highest BCUT2D eigenvalue weighted by Crippen LogP contribution is 2.39. The predicted molar refractivity (Wildman–Crippen MR) is 135 cm³/mol. The molecular formula is C26H29FN6O4. The molecule has 2 aromatic rings. The van der Waals surface area contributed by atoms with Crippen molar-refractivity contribution in [2.45, 2.75) is 38.4 Å². The lowest BCUT2D eigenvalue weighted by atomic mass is 9.89. The molecule has 11 heteroatoms. The Morgan fingerprint density at radius 1 is 1.30 bits per heavy atom. The number of nitrogens with zero attached hydrogens (tertiary/aromatic N) is 5. The third kappa shape index (κ3) is 4.17. The van der Waals surface area contributed by atoms with Crippen LogP contribution in [0.15, 0.2) is 52.0 Å². The van der Waals surface area contributed by atoms with E-state index in [0.29, 0.717) is 41.0 Å². The first-order valence-corrected chi connectivity index (χ1v) is 12.1. The monoisotopic (exact) mass is 508 g/mol. The number of aliphatic hydroxyl groups is 2. The Kier molecular flexibility index (Phi) is 6.28. The highest BCUT2D eigenvalue weighted by atomic mass is 19.1. The van der Waals surface area contributed by atoms with Crippen LogP contribution in [0, 0.1) is 11.2 Å². The summed E-state index contributed by atoms with van der Waals surface area (Å²) in [5.41, 5.74) is 0.875. The van der Waals surface area contributed by atoms with E-state index in [2.05, 4.69) is 15.4 Å². The number of fused-ring (bicyclic) bond motifs is 3. The van der Waals surface area contributed by atoms with Crippen LogP contribution < -0.4 is 5.32 Å². The van der Waals surface area contributed by atoms with Gasteiger partial charge in [-0.05, 0) is 43.7 Å². The lowest BCUT2D eigenvalue weighted by molar-refractivity contribution is -0.135. The zero-order valence-electron chi connectivity index (χ0n) is 20.8. The molecule has 0 saturated heterocycles. The Bertz CT molecular complexity index is 1370. The zero-order chi connectivity index (χ0) is 26.5.